The first-order chi connectivity index (χ1) is 8.72. The van der Waals surface area contributed by atoms with Crippen molar-refractivity contribution in [1.82, 2.24) is 0 Å². The van der Waals surface area contributed by atoms with Crippen LogP contribution in [0.2, 0.25) is 0 Å². The van der Waals surface area contributed by atoms with Crippen LogP contribution in [0.3, 0.4) is 0 Å². The Labute approximate surface area is 110 Å². The molecule has 2 rings (SSSR count). The Kier molecular flexibility index (Phi) is 4.65. The molecule has 1 aromatic carbocycles. The van der Waals surface area contributed by atoms with Crippen molar-refractivity contribution in [3.05, 3.63) is 29.3 Å². The fraction of sp³-hybridized carbons (Fsp3) is 0.625. The highest BCUT2D eigenvalue weighted by Gasteiger charge is 2.23. The summed E-state index contributed by atoms with van der Waals surface area (Å²) in [5.74, 6) is 1.41. The molecule has 0 aromatic heterocycles. The first-order valence-electron chi connectivity index (χ1n) is 7.03. The summed E-state index contributed by atoms with van der Waals surface area (Å²) < 4.78 is 5.45. The molecule has 1 fully saturated rings. The average Bonchev–Trinajstić information content (AvgIpc) is 2.40. The van der Waals surface area contributed by atoms with Crippen molar-refractivity contribution in [2.75, 3.05) is 7.11 Å². The molecular weight excluding hydrogens is 224 g/mol. The monoisotopic (exact) mass is 248 g/mol. The maximum Gasteiger partial charge on any atom is 0.125 e. The predicted octanol–water partition coefficient (Wildman–Crippen LogP) is 3.49. The summed E-state index contributed by atoms with van der Waals surface area (Å²) >= 11 is 0. The molecule has 1 atom stereocenters. The Morgan fingerprint density at radius 1 is 1.28 bits per heavy atom. The molecule has 1 aliphatic carbocycles. The zero-order valence-corrected chi connectivity index (χ0v) is 11.5. The van der Waals surface area contributed by atoms with Gasteiger partial charge in [-0.25, -0.2) is 0 Å². The molecule has 0 saturated heterocycles. The highest BCUT2D eigenvalue weighted by atomic mass is 16.5. The largest absolute Gasteiger partial charge is 0.496 e. The predicted molar refractivity (Wildman–Crippen MR) is 74.0 cm³/mol. The third kappa shape index (κ3) is 3.05. The van der Waals surface area contributed by atoms with E-state index >= 15 is 0 Å². The minimum absolute atomic E-state index is 0.221. The van der Waals surface area contributed by atoms with Crippen molar-refractivity contribution in [3.63, 3.8) is 0 Å². The summed E-state index contributed by atoms with van der Waals surface area (Å²) in [5.41, 5.74) is 2.28. The molecule has 1 aromatic rings. The topological polar surface area (TPSA) is 29.5 Å². The molecule has 100 valence electrons. The Balaban J connectivity index is 2.06. The van der Waals surface area contributed by atoms with Crippen LogP contribution in [0.25, 0.3) is 0 Å². The maximum absolute atomic E-state index is 10.4. The first-order valence-corrected chi connectivity index (χ1v) is 7.03. The molecule has 0 spiro atoms. The summed E-state index contributed by atoms with van der Waals surface area (Å²) in [6.07, 6.45) is 6.72. The fourth-order valence-corrected chi connectivity index (χ4v) is 3.08. The number of benzene rings is 1. The van der Waals surface area contributed by atoms with E-state index in [4.69, 9.17) is 4.74 Å². The van der Waals surface area contributed by atoms with Crippen molar-refractivity contribution < 1.29 is 9.84 Å². The van der Waals surface area contributed by atoms with Gasteiger partial charge in [0.1, 0.15) is 5.75 Å². The van der Waals surface area contributed by atoms with E-state index in [0.717, 1.165) is 23.3 Å². The Hall–Kier alpha value is -1.02. The van der Waals surface area contributed by atoms with Crippen LogP contribution in [0, 0.1) is 12.8 Å². The number of ether oxygens (including phenoxy) is 1. The van der Waals surface area contributed by atoms with Gasteiger partial charge in [0, 0.05) is 6.42 Å². The van der Waals surface area contributed by atoms with Crippen molar-refractivity contribution in [1.29, 1.82) is 0 Å². The van der Waals surface area contributed by atoms with Gasteiger partial charge in [-0.15, -0.1) is 0 Å². The van der Waals surface area contributed by atoms with Crippen LogP contribution >= 0.6 is 0 Å². The van der Waals surface area contributed by atoms with Gasteiger partial charge in [0.2, 0.25) is 0 Å². The van der Waals surface area contributed by atoms with Crippen LogP contribution in [0.1, 0.15) is 43.2 Å². The summed E-state index contributed by atoms with van der Waals surface area (Å²) in [4.78, 5) is 0. The number of rotatable bonds is 4. The van der Waals surface area contributed by atoms with Crippen molar-refractivity contribution in [3.8, 4) is 5.75 Å². The molecule has 0 bridgehead atoms. The van der Waals surface area contributed by atoms with Crippen molar-refractivity contribution in [2.24, 2.45) is 5.92 Å². The lowest BCUT2D eigenvalue weighted by atomic mass is 9.83. The van der Waals surface area contributed by atoms with Gasteiger partial charge in [-0.3, -0.25) is 0 Å². The van der Waals surface area contributed by atoms with Crippen LogP contribution in [-0.4, -0.2) is 18.3 Å². The molecule has 1 N–H and O–H groups in total. The van der Waals surface area contributed by atoms with E-state index in [9.17, 15) is 5.11 Å². The molecule has 0 unspecified atom stereocenters. The summed E-state index contributed by atoms with van der Waals surface area (Å²) in [6.45, 7) is 2.05. The summed E-state index contributed by atoms with van der Waals surface area (Å²) in [6, 6.07) is 6.16. The Bertz CT molecular complexity index is 381. The van der Waals surface area contributed by atoms with Gasteiger partial charge in [0.05, 0.1) is 13.2 Å². The minimum Gasteiger partial charge on any atom is -0.496 e. The zero-order chi connectivity index (χ0) is 13.0. The lowest BCUT2D eigenvalue weighted by Gasteiger charge is -2.27. The van der Waals surface area contributed by atoms with E-state index in [0.29, 0.717) is 5.92 Å². The van der Waals surface area contributed by atoms with Gasteiger partial charge in [-0.05, 0) is 36.8 Å². The first kappa shape index (κ1) is 13.4. The number of aryl methyl sites for hydroxylation is 1. The second kappa shape index (κ2) is 6.24. The third-order valence-corrected chi connectivity index (χ3v) is 4.12. The number of aliphatic hydroxyl groups excluding tert-OH is 1. The molecule has 1 aliphatic rings. The highest BCUT2D eigenvalue weighted by molar-refractivity contribution is 5.41. The molecule has 0 heterocycles. The van der Waals surface area contributed by atoms with Gasteiger partial charge in [-0.1, -0.05) is 37.5 Å². The molecular formula is C16H24O2. The molecule has 2 heteroatoms. The highest BCUT2D eigenvalue weighted by Crippen LogP contribution is 2.30. The van der Waals surface area contributed by atoms with Gasteiger partial charge >= 0.3 is 0 Å². The molecule has 0 aliphatic heterocycles. The second-order valence-electron chi connectivity index (χ2n) is 5.44. The zero-order valence-electron chi connectivity index (χ0n) is 11.5. The van der Waals surface area contributed by atoms with Crippen molar-refractivity contribution >= 4 is 0 Å². The van der Waals surface area contributed by atoms with Crippen molar-refractivity contribution in [2.45, 2.75) is 51.6 Å². The van der Waals surface area contributed by atoms with Gasteiger partial charge < -0.3 is 9.84 Å². The normalized spacial score (nSPS) is 18.6. The molecule has 0 radical (unpaired) electrons. The van der Waals surface area contributed by atoms with E-state index in [1.165, 1.54) is 32.1 Å². The lowest BCUT2D eigenvalue weighted by molar-refractivity contribution is 0.0845. The Morgan fingerprint density at radius 2 is 2.00 bits per heavy atom. The third-order valence-electron chi connectivity index (χ3n) is 4.12. The minimum atomic E-state index is -0.221. The van der Waals surface area contributed by atoms with Gasteiger partial charge in [0.15, 0.2) is 0 Å². The maximum atomic E-state index is 10.4. The number of methoxy groups -OCH3 is 1. The van der Waals surface area contributed by atoms with E-state index in [1.54, 1.807) is 7.11 Å². The number of hydrogen-bond acceptors (Lipinski definition) is 2. The van der Waals surface area contributed by atoms with E-state index in [2.05, 4.69) is 19.1 Å². The van der Waals surface area contributed by atoms with E-state index in [-0.39, 0.29) is 6.10 Å². The van der Waals surface area contributed by atoms with Crippen LogP contribution in [0.15, 0.2) is 18.2 Å². The van der Waals surface area contributed by atoms with Gasteiger partial charge in [-0.2, -0.15) is 0 Å². The fourth-order valence-electron chi connectivity index (χ4n) is 3.08. The quantitative estimate of drug-likeness (QED) is 0.884. The SMILES string of the molecule is COc1c(C)cccc1C[C@@H](O)C1CCCCC1. The lowest BCUT2D eigenvalue weighted by Crippen LogP contribution is -2.25. The number of hydrogen-bond donors (Lipinski definition) is 1. The smallest absolute Gasteiger partial charge is 0.125 e. The average molecular weight is 248 g/mol. The van der Waals surface area contributed by atoms with Crippen LogP contribution in [0.5, 0.6) is 5.75 Å². The van der Waals surface area contributed by atoms with Crippen LogP contribution < -0.4 is 4.74 Å². The molecule has 0 amide bonds. The van der Waals surface area contributed by atoms with E-state index in [1.807, 2.05) is 6.07 Å². The number of aliphatic hydroxyl groups is 1. The van der Waals surface area contributed by atoms with Crippen LogP contribution in [-0.2, 0) is 6.42 Å². The van der Waals surface area contributed by atoms with Crippen LogP contribution in [0.4, 0.5) is 0 Å². The molecule has 18 heavy (non-hydrogen) atoms. The summed E-state index contributed by atoms with van der Waals surface area (Å²) in [7, 11) is 1.71. The summed E-state index contributed by atoms with van der Waals surface area (Å²) in [5, 5.41) is 10.4. The standard InChI is InChI=1S/C16H24O2/c1-12-7-6-10-14(16(12)18-2)11-15(17)13-8-4-3-5-9-13/h6-7,10,13,15,17H,3-5,8-9,11H2,1-2H3/t15-/m1/s1. The van der Waals surface area contributed by atoms with Gasteiger partial charge in [0.25, 0.3) is 0 Å². The second-order valence-corrected chi connectivity index (χ2v) is 5.44. The molecule has 2 nitrogen and oxygen atoms in total. The molecule has 1 saturated carbocycles. The number of para-hydroxylation sites is 1. The van der Waals surface area contributed by atoms with E-state index < -0.39 is 0 Å². The Morgan fingerprint density at radius 3 is 2.67 bits per heavy atom.